The van der Waals surface area contributed by atoms with Gasteiger partial charge in [0.25, 0.3) is 0 Å². The SMILES string of the molecule is O=C1NCCN(Cc2cccc(F)c2)CCCOc2ccccc2[C@H]2CCN[C@@H]1C2. The minimum atomic E-state index is -0.222. The number of rotatable bonds is 2. The van der Waals surface area contributed by atoms with Gasteiger partial charge >= 0.3 is 0 Å². The maximum atomic E-state index is 13.6. The van der Waals surface area contributed by atoms with E-state index < -0.39 is 0 Å². The van der Waals surface area contributed by atoms with E-state index in [2.05, 4.69) is 21.6 Å². The minimum Gasteiger partial charge on any atom is -0.493 e. The highest BCUT2D eigenvalue weighted by molar-refractivity contribution is 5.82. The van der Waals surface area contributed by atoms with Crippen molar-refractivity contribution < 1.29 is 13.9 Å². The average molecular weight is 412 g/mol. The summed E-state index contributed by atoms with van der Waals surface area (Å²) in [5.41, 5.74) is 2.14. The summed E-state index contributed by atoms with van der Waals surface area (Å²) in [6, 6.07) is 14.7. The molecule has 2 aliphatic heterocycles. The Bertz CT molecular complexity index is 860. The first kappa shape index (κ1) is 20.8. The molecule has 1 fully saturated rings. The van der Waals surface area contributed by atoms with Gasteiger partial charge in [-0.25, -0.2) is 4.39 Å². The Morgan fingerprint density at radius 2 is 2.00 bits per heavy atom. The Morgan fingerprint density at radius 3 is 2.90 bits per heavy atom. The van der Waals surface area contributed by atoms with Crippen LogP contribution in [0.4, 0.5) is 4.39 Å². The highest BCUT2D eigenvalue weighted by atomic mass is 19.1. The first-order valence-corrected chi connectivity index (χ1v) is 10.9. The second kappa shape index (κ2) is 10.0. The number of benzene rings is 2. The van der Waals surface area contributed by atoms with Crippen molar-refractivity contribution in [3.8, 4) is 5.75 Å². The second-order valence-electron chi connectivity index (χ2n) is 8.16. The van der Waals surface area contributed by atoms with Crippen LogP contribution in [-0.4, -0.2) is 49.6 Å². The molecule has 30 heavy (non-hydrogen) atoms. The number of piperidine rings is 1. The molecule has 2 aromatic carbocycles. The molecule has 0 radical (unpaired) electrons. The third-order valence-electron chi connectivity index (χ3n) is 5.98. The molecule has 1 saturated heterocycles. The number of ether oxygens (including phenoxy) is 1. The van der Waals surface area contributed by atoms with Crippen LogP contribution in [0.5, 0.6) is 5.75 Å². The highest BCUT2D eigenvalue weighted by Crippen LogP contribution is 2.34. The Labute approximate surface area is 177 Å². The van der Waals surface area contributed by atoms with Crippen molar-refractivity contribution in [1.29, 1.82) is 0 Å². The van der Waals surface area contributed by atoms with E-state index in [-0.39, 0.29) is 17.8 Å². The first-order chi connectivity index (χ1) is 14.7. The van der Waals surface area contributed by atoms with Crippen molar-refractivity contribution in [2.45, 2.75) is 37.8 Å². The van der Waals surface area contributed by atoms with Crippen molar-refractivity contribution in [2.75, 3.05) is 32.8 Å². The van der Waals surface area contributed by atoms with Gasteiger partial charge < -0.3 is 15.4 Å². The lowest BCUT2D eigenvalue weighted by Gasteiger charge is -2.31. The maximum Gasteiger partial charge on any atom is 0.237 e. The van der Waals surface area contributed by atoms with Crippen LogP contribution in [0.15, 0.2) is 48.5 Å². The molecule has 0 unspecified atom stereocenters. The summed E-state index contributed by atoms with van der Waals surface area (Å²) in [5.74, 6) is 1.09. The van der Waals surface area contributed by atoms with Crippen molar-refractivity contribution >= 4 is 5.91 Å². The van der Waals surface area contributed by atoms with Gasteiger partial charge in [-0.1, -0.05) is 30.3 Å². The number of hydrogen-bond acceptors (Lipinski definition) is 4. The summed E-state index contributed by atoms with van der Waals surface area (Å²) < 4.78 is 19.7. The number of halogens is 1. The standard InChI is InChI=1S/C24H30FN3O2/c25-20-6-3-5-18(15-20)17-28-12-4-14-30-23-8-2-1-7-21(23)19-9-10-26-22(16-19)24(29)27-11-13-28/h1-3,5-8,15,19,22,26H,4,9-14,16-17H2,(H,27,29)/t19-,22+/m0/s1. The molecule has 2 aliphatic rings. The molecular weight excluding hydrogens is 381 g/mol. The van der Waals surface area contributed by atoms with Gasteiger partial charge in [-0.3, -0.25) is 9.69 Å². The molecule has 5 nitrogen and oxygen atoms in total. The number of amides is 1. The summed E-state index contributed by atoms with van der Waals surface area (Å²) in [7, 11) is 0. The number of para-hydroxylation sites is 1. The third-order valence-corrected chi connectivity index (χ3v) is 5.98. The lowest BCUT2D eigenvalue weighted by molar-refractivity contribution is -0.123. The Hall–Kier alpha value is -2.44. The normalized spacial score (nSPS) is 23.6. The zero-order valence-corrected chi connectivity index (χ0v) is 17.3. The monoisotopic (exact) mass is 411 g/mol. The Balaban J connectivity index is 1.49. The topological polar surface area (TPSA) is 53.6 Å². The number of fused-ring (bicyclic) bond motifs is 4. The number of carbonyl (C=O) groups is 1. The van der Waals surface area contributed by atoms with E-state index in [0.29, 0.717) is 25.6 Å². The van der Waals surface area contributed by atoms with Crippen LogP contribution in [0.1, 0.15) is 36.3 Å². The smallest absolute Gasteiger partial charge is 0.237 e. The molecule has 6 heteroatoms. The molecule has 160 valence electrons. The van der Waals surface area contributed by atoms with Crippen molar-refractivity contribution in [1.82, 2.24) is 15.5 Å². The van der Waals surface area contributed by atoms with Crippen molar-refractivity contribution in [3.05, 3.63) is 65.5 Å². The van der Waals surface area contributed by atoms with Crippen LogP contribution >= 0.6 is 0 Å². The summed E-state index contributed by atoms with van der Waals surface area (Å²) in [6.45, 7) is 4.22. The summed E-state index contributed by atoms with van der Waals surface area (Å²) in [4.78, 5) is 15.0. The molecule has 2 atom stereocenters. The van der Waals surface area contributed by atoms with Crippen LogP contribution in [0.2, 0.25) is 0 Å². The molecule has 0 saturated carbocycles. The van der Waals surface area contributed by atoms with Crippen molar-refractivity contribution in [3.63, 3.8) is 0 Å². The van der Waals surface area contributed by atoms with Crippen molar-refractivity contribution in [2.24, 2.45) is 0 Å². The van der Waals surface area contributed by atoms with E-state index in [1.165, 1.54) is 11.6 Å². The molecule has 2 N–H and O–H groups in total. The van der Waals surface area contributed by atoms with Crippen LogP contribution in [0, 0.1) is 5.82 Å². The molecule has 2 bridgehead atoms. The van der Waals surface area contributed by atoms with E-state index in [1.807, 2.05) is 24.3 Å². The average Bonchev–Trinajstić information content (AvgIpc) is 2.76. The van der Waals surface area contributed by atoms with E-state index >= 15 is 0 Å². The second-order valence-corrected chi connectivity index (χ2v) is 8.16. The lowest BCUT2D eigenvalue weighted by Crippen LogP contribution is -2.49. The first-order valence-electron chi connectivity index (χ1n) is 10.9. The molecule has 2 heterocycles. The maximum absolute atomic E-state index is 13.6. The number of nitrogens with one attached hydrogen (secondary N) is 2. The highest BCUT2D eigenvalue weighted by Gasteiger charge is 2.29. The fourth-order valence-corrected chi connectivity index (χ4v) is 4.44. The van der Waals surface area contributed by atoms with Gasteiger partial charge in [0.05, 0.1) is 12.6 Å². The van der Waals surface area contributed by atoms with Crippen LogP contribution in [0.3, 0.4) is 0 Å². The van der Waals surface area contributed by atoms with E-state index in [9.17, 15) is 9.18 Å². The molecule has 1 amide bonds. The zero-order chi connectivity index (χ0) is 20.8. The summed E-state index contributed by atoms with van der Waals surface area (Å²) in [6.07, 6.45) is 2.65. The summed E-state index contributed by atoms with van der Waals surface area (Å²) in [5, 5.41) is 6.45. The van der Waals surface area contributed by atoms with Crippen LogP contribution < -0.4 is 15.4 Å². The summed E-state index contributed by atoms with van der Waals surface area (Å²) >= 11 is 0. The van der Waals surface area contributed by atoms with Gasteiger partial charge in [0.2, 0.25) is 5.91 Å². The van der Waals surface area contributed by atoms with Crippen LogP contribution in [0.25, 0.3) is 0 Å². The van der Waals surface area contributed by atoms with E-state index in [0.717, 1.165) is 50.2 Å². The molecule has 0 aliphatic carbocycles. The third kappa shape index (κ3) is 5.37. The lowest BCUT2D eigenvalue weighted by atomic mass is 9.85. The van der Waals surface area contributed by atoms with Crippen LogP contribution in [-0.2, 0) is 11.3 Å². The number of nitrogens with zero attached hydrogens (tertiary/aromatic N) is 1. The molecular formula is C24H30FN3O2. The largest absolute Gasteiger partial charge is 0.493 e. The Morgan fingerprint density at radius 1 is 1.10 bits per heavy atom. The van der Waals surface area contributed by atoms with Gasteiger partial charge in [-0.05, 0) is 61.1 Å². The van der Waals surface area contributed by atoms with Gasteiger partial charge in [0.15, 0.2) is 0 Å². The predicted molar refractivity (Wildman–Crippen MR) is 115 cm³/mol. The van der Waals surface area contributed by atoms with Gasteiger partial charge in [-0.15, -0.1) is 0 Å². The van der Waals surface area contributed by atoms with Gasteiger partial charge in [0, 0.05) is 26.2 Å². The van der Waals surface area contributed by atoms with Gasteiger partial charge in [0.1, 0.15) is 11.6 Å². The quantitative estimate of drug-likeness (QED) is 0.798. The van der Waals surface area contributed by atoms with E-state index in [1.54, 1.807) is 12.1 Å². The number of carbonyl (C=O) groups excluding carboxylic acids is 1. The predicted octanol–water partition coefficient (Wildman–Crippen LogP) is 3.06. The molecule has 0 aromatic heterocycles. The number of hydrogen-bond donors (Lipinski definition) is 2. The molecule has 2 aromatic rings. The fraction of sp³-hybridized carbons (Fsp3) is 0.458. The zero-order valence-electron chi connectivity index (χ0n) is 17.3. The molecule has 0 spiro atoms. The minimum absolute atomic E-state index is 0.0564. The Kier molecular flexibility index (Phi) is 6.97. The molecule has 4 rings (SSSR count). The van der Waals surface area contributed by atoms with Gasteiger partial charge in [-0.2, -0.15) is 0 Å². The fourth-order valence-electron chi connectivity index (χ4n) is 4.44. The van der Waals surface area contributed by atoms with E-state index in [4.69, 9.17) is 4.74 Å².